The van der Waals surface area contributed by atoms with Crippen LogP contribution in [0.2, 0.25) is 0 Å². The summed E-state index contributed by atoms with van der Waals surface area (Å²) in [6.45, 7) is 9.72. The van der Waals surface area contributed by atoms with Crippen LogP contribution < -0.4 is 5.32 Å². The molecule has 0 saturated carbocycles. The monoisotopic (exact) mass is 372 g/mol. The molecule has 2 aromatic rings. The first-order chi connectivity index (χ1) is 9.54. The molecule has 0 aliphatic carbocycles. The molecule has 0 radical (unpaired) electrons. The van der Waals surface area contributed by atoms with Crippen LogP contribution in [0, 0.1) is 6.92 Å². The predicted octanol–water partition coefficient (Wildman–Crippen LogP) is 3.01. The first-order valence-corrected chi connectivity index (χ1v) is 7.93. The van der Waals surface area contributed by atoms with Crippen LogP contribution >= 0.6 is 28.3 Å². The number of imidazole rings is 1. The fourth-order valence-corrected chi connectivity index (χ4v) is 3.45. The standard InChI is InChI=1S/C15H21BrN4.ClH/c1-10-4-13(16)8-20-14(6-18-15(10)20)9-19-7-11(2)17-5-12(19)3;/h4,6,8,11-12,17H,5,7,9H2,1-3H3;1H. The molecule has 1 saturated heterocycles. The zero-order valence-electron chi connectivity index (χ0n) is 12.6. The van der Waals surface area contributed by atoms with Gasteiger partial charge < -0.3 is 9.72 Å². The van der Waals surface area contributed by atoms with Crippen LogP contribution in [0.25, 0.3) is 5.65 Å². The van der Waals surface area contributed by atoms with Gasteiger partial charge in [0.2, 0.25) is 0 Å². The minimum atomic E-state index is 0. The second kappa shape index (κ2) is 6.65. The van der Waals surface area contributed by atoms with Gasteiger partial charge in [0.05, 0.1) is 11.9 Å². The highest BCUT2D eigenvalue weighted by Gasteiger charge is 2.23. The number of halogens is 2. The van der Waals surface area contributed by atoms with Gasteiger partial charge in [0.15, 0.2) is 0 Å². The quantitative estimate of drug-likeness (QED) is 0.878. The largest absolute Gasteiger partial charge is 0.311 e. The zero-order chi connectivity index (χ0) is 14.3. The molecule has 3 heterocycles. The molecule has 2 unspecified atom stereocenters. The summed E-state index contributed by atoms with van der Waals surface area (Å²) in [5, 5.41) is 3.53. The van der Waals surface area contributed by atoms with E-state index < -0.39 is 0 Å². The number of aryl methyl sites for hydroxylation is 1. The Labute approximate surface area is 140 Å². The maximum Gasteiger partial charge on any atom is 0.139 e. The molecule has 3 rings (SSSR count). The summed E-state index contributed by atoms with van der Waals surface area (Å²) in [7, 11) is 0. The van der Waals surface area contributed by atoms with Gasteiger partial charge in [-0.2, -0.15) is 0 Å². The maximum atomic E-state index is 4.57. The van der Waals surface area contributed by atoms with E-state index in [-0.39, 0.29) is 12.4 Å². The smallest absolute Gasteiger partial charge is 0.139 e. The van der Waals surface area contributed by atoms with Crippen LogP contribution in [0.15, 0.2) is 22.9 Å². The number of aromatic nitrogens is 2. The van der Waals surface area contributed by atoms with Crippen molar-refractivity contribution in [3.05, 3.63) is 34.2 Å². The van der Waals surface area contributed by atoms with E-state index in [0.717, 1.165) is 29.8 Å². The van der Waals surface area contributed by atoms with Gasteiger partial charge in [0.25, 0.3) is 0 Å². The molecule has 0 bridgehead atoms. The van der Waals surface area contributed by atoms with E-state index in [1.54, 1.807) is 0 Å². The van der Waals surface area contributed by atoms with Crippen molar-refractivity contribution in [2.24, 2.45) is 0 Å². The lowest BCUT2D eigenvalue weighted by molar-refractivity contribution is 0.137. The van der Waals surface area contributed by atoms with Crippen LogP contribution in [0.4, 0.5) is 0 Å². The molecule has 0 spiro atoms. The number of rotatable bonds is 2. The lowest BCUT2D eigenvalue weighted by Crippen LogP contribution is -2.53. The van der Waals surface area contributed by atoms with Crippen molar-refractivity contribution in [1.29, 1.82) is 0 Å². The molecular formula is C15H22BrClN4. The van der Waals surface area contributed by atoms with Crippen LogP contribution in [-0.4, -0.2) is 39.5 Å². The van der Waals surface area contributed by atoms with Gasteiger partial charge >= 0.3 is 0 Å². The minimum Gasteiger partial charge on any atom is -0.311 e. The average molecular weight is 374 g/mol. The Morgan fingerprint density at radius 1 is 1.43 bits per heavy atom. The van der Waals surface area contributed by atoms with E-state index in [9.17, 15) is 0 Å². The lowest BCUT2D eigenvalue weighted by Gasteiger charge is -2.37. The molecule has 21 heavy (non-hydrogen) atoms. The predicted molar refractivity (Wildman–Crippen MR) is 92.2 cm³/mol. The van der Waals surface area contributed by atoms with E-state index in [4.69, 9.17) is 0 Å². The summed E-state index contributed by atoms with van der Waals surface area (Å²) >= 11 is 3.58. The third-order valence-electron chi connectivity index (χ3n) is 4.09. The Bertz CT molecular complexity index is 627. The second-order valence-electron chi connectivity index (χ2n) is 5.87. The van der Waals surface area contributed by atoms with Crippen molar-refractivity contribution in [2.45, 2.75) is 39.4 Å². The van der Waals surface area contributed by atoms with Gasteiger partial charge in [0.1, 0.15) is 5.65 Å². The van der Waals surface area contributed by atoms with Crippen LogP contribution in [0.5, 0.6) is 0 Å². The SMILES string of the molecule is Cc1cc(Br)cn2c(CN3CC(C)NCC3C)cnc12.Cl. The summed E-state index contributed by atoms with van der Waals surface area (Å²) in [5.74, 6) is 0. The number of piperazine rings is 1. The van der Waals surface area contributed by atoms with Crippen LogP contribution in [0.1, 0.15) is 25.1 Å². The third-order valence-corrected chi connectivity index (χ3v) is 4.53. The van der Waals surface area contributed by atoms with Crippen molar-refractivity contribution in [3.8, 4) is 0 Å². The Balaban J connectivity index is 0.00000161. The van der Waals surface area contributed by atoms with E-state index in [1.807, 2.05) is 6.20 Å². The molecule has 1 aliphatic heterocycles. The summed E-state index contributed by atoms with van der Waals surface area (Å²) in [6, 6.07) is 3.23. The number of nitrogens with zero attached hydrogens (tertiary/aromatic N) is 3. The zero-order valence-corrected chi connectivity index (χ0v) is 15.0. The normalized spacial score (nSPS) is 23.2. The Hall–Kier alpha value is -0.620. The second-order valence-corrected chi connectivity index (χ2v) is 6.79. The minimum absolute atomic E-state index is 0. The van der Waals surface area contributed by atoms with Gasteiger partial charge in [-0.15, -0.1) is 12.4 Å². The molecule has 2 aromatic heterocycles. The highest BCUT2D eigenvalue weighted by atomic mass is 79.9. The van der Waals surface area contributed by atoms with Crippen molar-refractivity contribution in [1.82, 2.24) is 19.6 Å². The highest BCUT2D eigenvalue weighted by Crippen LogP contribution is 2.20. The van der Waals surface area contributed by atoms with Gasteiger partial charge in [-0.1, -0.05) is 0 Å². The van der Waals surface area contributed by atoms with Gasteiger partial charge in [-0.05, 0) is 48.3 Å². The molecule has 4 nitrogen and oxygen atoms in total. The topological polar surface area (TPSA) is 32.6 Å². The molecule has 6 heteroatoms. The van der Waals surface area contributed by atoms with Crippen LogP contribution in [-0.2, 0) is 6.54 Å². The first-order valence-electron chi connectivity index (χ1n) is 7.14. The highest BCUT2D eigenvalue weighted by molar-refractivity contribution is 9.10. The van der Waals surface area contributed by atoms with Crippen molar-refractivity contribution in [3.63, 3.8) is 0 Å². The van der Waals surface area contributed by atoms with Gasteiger partial charge in [0, 0.05) is 42.4 Å². The van der Waals surface area contributed by atoms with Gasteiger partial charge in [-0.3, -0.25) is 4.90 Å². The van der Waals surface area contributed by atoms with Crippen molar-refractivity contribution in [2.75, 3.05) is 13.1 Å². The Morgan fingerprint density at radius 3 is 2.95 bits per heavy atom. The molecule has 0 aromatic carbocycles. The maximum absolute atomic E-state index is 4.57. The first kappa shape index (κ1) is 16.7. The fourth-order valence-electron chi connectivity index (χ4n) is 2.91. The number of pyridine rings is 1. The fraction of sp³-hybridized carbons (Fsp3) is 0.533. The van der Waals surface area contributed by atoms with E-state index in [0.29, 0.717) is 12.1 Å². The molecule has 2 atom stereocenters. The number of nitrogens with one attached hydrogen (secondary N) is 1. The molecule has 0 amide bonds. The summed E-state index contributed by atoms with van der Waals surface area (Å²) in [6.07, 6.45) is 4.12. The summed E-state index contributed by atoms with van der Waals surface area (Å²) in [4.78, 5) is 7.10. The molecule has 1 fully saturated rings. The number of fused-ring (bicyclic) bond motifs is 1. The third kappa shape index (κ3) is 3.42. The number of hydrogen-bond acceptors (Lipinski definition) is 3. The van der Waals surface area contributed by atoms with Gasteiger partial charge in [-0.25, -0.2) is 4.98 Å². The molecule has 116 valence electrons. The van der Waals surface area contributed by atoms with E-state index in [1.165, 1.54) is 11.3 Å². The molecule has 1 N–H and O–H groups in total. The lowest BCUT2D eigenvalue weighted by atomic mass is 10.1. The summed E-state index contributed by atoms with van der Waals surface area (Å²) < 4.78 is 3.31. The number of hydrogen-bond donors (Lipinski definition) is 1. The Kier molecular flexibility index (Phi) is 5.30. The molecule has 1 aliphatic rings. The average Bonchev–Trinajstić information content (AvgIpc) is 2.77. The van der Waals surface area contributed by atoms with Crippen molar-refractivity contribution >= 4 is 34.0 Å². The molecular weight excluding hydrogens is 352 g/mol. The van der Waals surface area contributed by atoms with Crippen LogP contribution in [0.3, 0.4) is 0 Å². The van der Waals surface area contributed by atoms with E-state index in [2.05, 4.69) is 68.6 Å². The Morgan fingerprint density at radius 2 is 2.19 bits per heavy atom. The van der Waals surface area contributed by atoms with E-state index >= 15 is 0 Å². The van der Waals surface area contributed by atoms with Crippen molar-refractivity contribution < 1.29 is 0 Å². The summed E-state index contributed by atoms with van der Waals surface area (Å²) in [5.41, 5.74) is 3.51.